The summed E-state index contributed by atoms with van der Waals surface area (Å²) in [5.41, 5.74) is 1.96. The van der Waals surface area contributed by atoms with Crippen molar-refractivity contribution >= 4 is 22.6 Å². The van der Waals surface area contributed by atoms with Crippen molar-refractivity contribution in [1.82, 2.24) is 19.8 Å². The first-order valence-electron chi connectivity index (χ1n) is 11.1. The zero-order valence-corrected chi connectivity index (χ0v) is 18.2. The fourth-order valence-corrected chi connectivity index (χ4v) is 4.83. The molecule has 2 fully saturated rings. The van der Waals surface area contributed by atoms with Crippen LogP contribution in [0.2, 0.25) is 0 Å². The van der Waals surface area contributed by atoms with Crippen molar-refractivity contribution in [3.63, 3.8) is 0 Å². The average molecular weight is 416 g/mol. The number of aromatic nitrogens is 2. The SMILES string of the molecule is CN(C)[C@@H]1CCN(C(=O)[C@H]2CCCN2c2nccc(-c3ccc4ccccc4c3)n2)C1. The normalized spacial score (nSPS) is 21.4. The largest absolute Gasteiger partial charge is 0.339 e. The minimum absolute atomic E-state index is 0.159. The molecule has 0 N–H and O–H groups in total. The lowest BCUT2D eigenvalue weighted by Crippen LogP contribution is -2.46. The highest BCUT2D eigenvalue weighted by atomic mass is 16.2. The number of nitrogens with zero attached hydrogens (tertiary/aromatic N) is 5. The number of amides is 1. The van der Waals surface area contributed by atoms with Gasteiger partial charge < -0.3 is 14.7 Å². The van der Waals surface area contributed by atoms with Gasteiger partial charge in [-0.1, -0.05) is 36.4 Å². The second kappa shape index (κ2) is 8.27. The Morgan fingerprint density at radius 2 is 1.87 bits per heavy atom. The van der Waals surface area contributed by atoms with Crippen LogP contribution in [0.5, 0.6) is 0 Å². The highest BCUT2D eigenvalue weighted by Gasteiger charge is 2.38. The third-order valence-corrected chi connectivity index (χ3v) is 6.69. The van der Waals surface area contributed by atoms with Crippen LogP contribution in [0.3, 0.4) is 0 Å². The highest BCUT2D eigenvalue weighted by molar-refractivity contribution is 5.87. The Balaban J connectivity index is 1.39. The topological polar surface area (TPSA) is 52.6 Å². The zero-order chi connectivity index (χ0) is 21.4. The molecule has 2 atom stereocenters. The van der Waals surface area contributed by atoms with E-state index in [0.717, 1.165) is 50.2 Å². The van der Waals surface area contributed by atoms with Gasteiger partial charge >= 0.3 is 0 Å². The van der Waals surface area contributed by atoms with Crippen molar-refractivity contribution in [2.45, 2.75) is 31.3 Å². The molecular weight excluding hydrogens is 386 g/mol. The molecule has 1 amide bonds. The molecular formula is C25H29N5O. The van der Waals surface area contributed by atoms with Gasteiger partial charge in [-0.2, -0.15) is 0 Å². The van der Waals surface area contributed by atoms with E-state index in [-0.39, 0.29) is 11.9 Å². The van der Waals surface area contributed by atoms with Crippen LogP contribution < -0.4 is 4.90 Å². The molecule has 0 radical (unpaired) electrons. The second-order valence-electron chi connectivity index (χ2n) is 8.85. The van der Waals surface area contributed by atoms with E-state index in [1.807, 2.05) is 17.2 Å². The summed E-state index contributed by atoms with van der Waals surface area (Å²) >= 11 is 0. The van der Waals surface area contributed by atoms with Crippen LogP contribution in [0.1, 0.15) is 19.3 Å². The van der Waals surface area contributed by atoms with E-state index in [0.29, 0.717) is 12.0 Å². The molecule has 31 heavy (non-hydrogen) atoms. The van der Waals surface area contributed by atoms with Gasteiger partial charge in [0.25, 0.3) is 0 Å². The summed E-state index contributed by atoms with van der Waals surface area (Å²) in [4.78, 5) is 29.1. The lowest BCUT2D eigenvalue weighted by Gasteiger charge is -2.28. The second-order valence-corrected chi connectivity index (χ2v) is 8.85. The molecule has 2 aliphatic heterocycles. The number of anilines is 1. The van der Waals surface area contributed by atoms with Crippen LogP contribution in [0.15, 0.2) is 54.7 Å². The Kier molecular flexibility index (Phi) is 5.32. The maximum atomic E-state index is 13.3. The number of likely N-dealkylation sites (N-methyl/N-ethyl adjacent to an activating group) is 1. The van der Waals surface area contributed by atoms with Gasteiger partial charge in [-0.15, -0.1) is 0 Å². The predicted molar refractivity (Wildman–Crippen MR) is 124 cm³/mol. The van der Waals surface area contributed by atoms with Crippen LogP contribution in [0, 0.1) is 0 Å². The summed E-state index contributed by atoms with van der Waals surface area (Å²) in [6, 6.07) is 17.0. The van der Waals surface area contributed by atoms with Gasteiger partial charge in [0.15, 0.2) is 0 Å². The van der Waals surface area contributed by atoms with Gasteiger partial charge in [0.05, 0.1) is 5.69 Å². The summed E-state index contributed by atoms with van der Waals surface area (Å²) in [5, 5.41) is 2.41. The van der Waals surface area contributed by atoms with E-state index in [9.17, 15) is 4.79 Å². The summed E-state index contributed by atoms with van der Waals surface area (Å²) in [7, 11) is 4.18. The van der Waals surface area contributed by atoms with E-state index in [1.165, 1.54) is 10.8 Å². The van der Waals surface area contributed by atoms with Crippen LogP contribution in [-0.4, -0.2) is 71.5 Å². The molecule has 0 unspecified atom stereocenters. The van der Waals surface area contributed by atoms with E-state index in [4.69, 9.17) is 4.98 Å². The predicted octanol–water partition coefficient (Wildman–Crippen LogP) is 3.43. The Labute approximate surface area is 183 Å². The Morgan fingerprint density at radius 3 is 2.68 bits per heavy atom. The molecule has 160 valence electrons. The number of hydrogen-bond donors (Lipinski definition) is 0. The van der Waals surface area contributed by atoms with Crippen LogP contribution in [-0.2, 0) is 4.79 Å². The van der Waals surface area contributed by atoms with Crippen molar-refractivity contribution in [3.8, 4) is 11.3 Å². The molecule has 6 nitrogen and oxygen atoms in total. The number of carbonyl (C=O) groups is 1. The summed E-state index contributed by atoms with van der Waals surface area (Å²) in [6.45, 7) is 2.47. The van der Waals surface area contributed by atoms with E-state index in [1.54, 1.807) is 0 Å². The molecule has 0 bridgehead atoms. The van der Waals surface area contributed by atoms with Crippen LogP contribution in [0.4, 0.5) is 5.95 Å². The first-order chi connectivity index (χ1) is 15.1. The molecule has 2 aliphatic rings. The van der Waals surface area contributed by atoms with Crippen LogP contribution in [0.25, 0.3) is 22.0 Å². The minimum Gasteiger partial charge on any atom is -0.339 e. The van der Waals surface area contributed by atoms with Gasteiger partial charge in [-0.25, -0.2) is 9.97 Å². The summed E-state index contributed by atoms with van der Waals surface area (Å²) in [5.74, 6) is 0.881. The fourth-order valence-electron chi connectivity index (χ4n) is 4.83. The highest BCUT2D eigenvalue weighted by Crippen LogP contribution is 2.28. The molecule has 2 saturated heterocycles. The molecule has 3 heterocycles. The average Bonchev–Trinajstić information content (AvgIpc) is 3.49. The van der Waals surface area contributed by atoms with E-state index >= 15 is 0 Å². The van der Waals surface area contributed by atoms with Gasteiger partial charge in [-0.05, 0) is 56.3 Å². The van der Waals surface area contributed by atoms with Gasteiger partial charge in [-0.3, -0.25) is 4.79 Å². The standard InChI is InChI=1S/C25H29N5O/c1-28(2)21-12-15-29(17-21)24(31)23-8-5-14-30(23)25-26-13-11-22(27-25)20-10-9-18-6-3-4-7-19(18)16-20/h3-4,6-7,9-11,13,16,21,23H,5,8,12,14-15,17H2,1-2H3/t21-,23-/m1/s1. The smallest absolute Gasteiger partial charge is 0.245 e. The van der Waals surface area contributed by atoms with Gasteiger partial charge in [0.2, 0.25) is 11.9 Å². The number of likely N-dealkylation sites (tertiary alicyclic amines) is 1. The number of fused-ring (bicyclic) bond motifs is 1. The minimum atomic E-state index is -0.159. The lowest BCUT2D eigenvalue weighted by molar-refractivity contribution is -0.131. The molecule has 6 heteroatoms. The summed E-state index contributed by atoms with van der Waals surface area (Å²) in [6.07, 6.45) is 4.71. The Morgan fingerprint density at radius 1 is 1.03 bits per heavy atom. The third kappa shape index (κ3) is 3.88. The van der Waals surface area contributed by atoms with Gasteiger partial charge in [0.1, 0.15) is 6.04 Å². The molecule has 5 rings (SSSR count). The fraction of sp³-hybridized carbons (Fsp3) is 0.400. The van der Waals surface area contributed by atoms with Crippen molar-refractivity contribution in [2.24, 2.45) is 0 Å². The first-order valence-corrected chi connectivity index (χ1v) is 11.1. The molecule has 3 aromatic rings. The van der Waals surface area contributed by atoms with Crippen molar-refractivity contribution in [3.05, 3.63) is 54.7 Å². The molecule has 1 aromatic heterocycles. The van der Waals surface area contributed by atoms with Crippen molar-refractivity contribution in [1.29, 1.82) is 0 Å². The number of rotatable bonds is 4. The maximum absolute atomic E-state index is 13.3. The van der Waals surface area contributed by atoms with Gasteiger partial charge in [0, 0.05) is 37.4 Å². The number of carbonyl (C=O) groups excluding carboxylic acids is 1. The zero-order valence-electron chi connectivity index (χ0n) is 18.2. The van der Waals surface area contributed by atoms with Crippen molar-refractivity contribution < 1.29 is 4.79 Å². The van der Waals surface area contributed by atoms with Crippen LogP contribution >= 0.6 is 0 Å². The molecule has 0 aliphatic carbocycles. The molecule has 2 aromatic carbocycles. The monoisotopic (exact) mass is 415 g/mol. The quantitative estimate of drug-likeness (QED) is 0.654. The van der Waals surface area contributed by atoms with E-state index in [2.05, 4.69) is 71.3 Å². The first kappa shape index (κ1) is 19.9. The Hall–Kier alpha value is -2.99. The summed E-state index contributed by atoms with van der Waals surface area (Å²) < 4.78 is 0. The lowest BCUT2D eigenvalue weighted by atomic mass is 10.1. The maximum Gasteiger partial charge on any atom is 0.245 e. The third-order valence-electron chi connectivity index (χ3n) is 6.69. The molecule has 0 saturated carbocycles. The number of hydrogen-bond acceptors (Lipinski definition) is 5. The molecule has 0 spiro atoms. The number of benzene rings is 2. The Bertz CT molecular complexity index is 1100. The van der Waals surface area contributed by atoms with E-state index < -0.39 is 0 Å². The van der Waals surface area contributed by atoms with Crippen molar-refractivity contribution in [2.75, 3.05) is 38.6 Å².